The summed E-state index contributed by atoms with van der Waals surface area (Å²) in [6.07, 6.45) is 4.69. The topological polar surface area (TPSA) is 43.9 Å². The summed E-state index contributed by atoms with van der Waals surface area (Å²) >= 11 is 0. The fourth-order valence-electron chi connectivity index (χ4n) is 2.21. The number of aromatic nitrogens is 3. The van der Waals surface area contributed by atoms with Crippen LogP contribution >= 0.6 is 0 Å². The molecule has 0 aliphatic heterocycles. The molecule has 0 bridgehead atoms. The first-order valence-electron chi connectivity index (χ1n) is 6.79. The molecule has 0 unspecified atom stereocenters. The third-order valence-electron chi connectivity index (χ3n) is 3.35. The molecule has 0 fully saturated rings. The lowest BCUT2D eigenvalue weighted by atomic mass is 10.1. The van der Waals surface area contributed by atoms with Crippen molar-refractivity contribution in [2.45, 2.75) is 26.8 Å². The molecule has 3 rings (SSSR count). The molecule has 0 saturated heterocycles. The van der Waals surface area contributed by atoms with Crippen LogP contribution < -0.4 is 0 Å². The van der Waals surface area contributed by atoms with Gasteiger partial charge in [-0.2, -0.15) is 0 Å². The van der Waals surface area contributed by atoms with Crippen molar-refractivity contribution in [2.24, 2.45) is 0 Å². The number of hydrogen-bond donors (Lipinski definition) is 0. The first-order valence-corrected chi connectivity index (χ1v) is 6.79. The van der Waals surface area contributed by atoms with Gasteiger partial charge in [0.1, 0.15) is 11.5 Å². The summed E-state index contributed by atoms with van der Waals surface area (Å²) in [5.41, 5.74) is 3.19. The van der Waals surface area contributed by atoms with Crippen molar-refractivity contribution in [3.63, 3.8) is 0 Å². The Kier molecular flexibility index (Phi) is 3.37. The number of benzene rings is 1. The van der Waals surface area contributed by atoms with Crippen LogP contribution in [0, 0.1) is 6.92 Å². The second-order valence-corrected chi connectivity index (χ2v) is 4.87. The van der Waals surface area contributed by atoms with E-state index in [1.165, 1.54) is 5.56 Å². The molecule has 1 aromatic carbocycles. The number of rotatable bonds is 4. The fourth-order valence-corrected chi connectivity index (χ4v) is 2.21. The zero-order valence-corrected chi connectivity index (χ0v) is 11.7. The van der Waals surface area contributed by atoms with Crippen molar-refractivity contribution in [3.8, 4) is 11.3 Å². The number of nitrogens with zero attached hydrogens (tertiary/aromatic N) is 3. The molecule has 4 nitrogen and oxygen atoms in total. The molecule has 2 aromatic heterocycles. The van der Waals surface area contributed by atoms with Gasteiger partial charge in [0.2, 0.25) is 0 Å². The van der Waals surface area contributed by atoms with E-state index in [-0.39, 0.29) is 0 Å². The molecule has 102 valence electrons. The van der Waals surface area contributed by atoms with Crippen LogP contribution in [0.4, 0.5) is 0 Å². The van der Waals surface area contributed by atoms with Gasteiger partial charge in [-0.25, -0.2) is 4.98 Å². The van der Waals surface area contributed by atoms with Crippen LogP contribution in [0.15, 0.2) is 47.2 Å². The summed E-state index contributed by atoms with van der Waals surface area (Å²) in [4.78, 5) is 4.31. The minimum absolute atomic E-state index is 0.669. The number of hydrogen-bond acceptors (Lipinski definition) is 3. The van der Waals surface area contributed by atoms with Gasteiger partial charge in [0, 0.05) is 30.4 Å². The van der Waals surface area contributed by atoms with E-state index in [1.54, 1.807) is 0 Å². The van der Waals surface area contributed by atoms with Crippen molar-refractivity contribution >= 4 is 0 Å². The Balaban J connectivity index is 1.82. The van der Waals surface area contributed by atoms with E-state index in [0.29, 0.717) is 6.54 Å². The summed E-state index contributed by atoms with van der Waals surface area (Å²) in [6.45, 7) is 4.84. The van der Waals surface area contributed by atoms with Gasteiger partial charge in [-0.15, -0.1) is 0 Å². The standard InChI is InChI=1S/C16H17N3O/c1-3-16-17-8-9-19(16)11-14-10-15(18-20-14)13-6-4-12(2)5-7-13/h4-10H,3,11H2,1-2H3. The predicted molar refractivity (Wildman–Crippen MR) is 77.4 cm³/mol. The lowest BCUT2D eigenvalue weighted by Gasteiger charge is -2.02. The molecule has 0 amide bonds. The van der Waals surface area contributed by atoms with Crippen molar-refractivity contribution < 1.29 is 4.52 Å². The highest BCUT2D eigenvalue weighted by molar-refractivity contribution is 5.59. The smallest absolute Gasteiger partial charge is 0.157 e. The Morgan fingerprint density at radius 1 is 1.20 bits per heavy atom. The summed E-state index contributed by atoms with van der Waals surface area (Å²) in [5.74, 6) is 1.89. The van der Waals surface area contributed by atoms with Crippen molar-refractivity contribution in [1.29, 1.82) is 0 Å². The van der Waals surface area contributed by atoms with Crippen LogP contribution in [0.3, 0.4) is 0 Å². The highest BCUT2D eigenvalue weighted by Gasteiger charge is 2.08. The number of aryl methyl sites for hydroxylation is 2. The molecular weight excluding hydrogens is 250 g/mol. The van der Waals surface area contributed by atoms with Crippen LogP contribution in [-0.4, -0.2) is 14.7 Å². The lowest BCUT2D eigenvalue weighted by Crippen LogP contribution is -2.02. The maximum atomic E-state index is 5.42. The van der Waals surface area contributed by atoms with Gasteiger partial charge in [0.05, 0.1) is 6.54 Å². The average molecular weight is 267 g/mol. The maximum Gasteiger partial charge on any atom is 0.157 e. The summed E-state index contributed by atoms with van der Waals surface area (Å²) in [7, 11) is 0. The van der Waals surface area contributed by atoms with Gasteiger partial charge in [-0.05, 0) is 6.92 Å². The maximum absolute atomic E-state index is 5.42. The summed E-state index contributed by atoms with van der Waals surface area (Å²) in [6, 6.07) is 10.3. The largest absolute Gasteiger partial charge is 0.359 e. The molecule has 0 N–H and O–H groups in total. The SMILES string of the molecule is CCc1nccn1Cc1cc(-c2ccc(C)cc2)no1. The van der Waals surface area contributed by atoms with E-state index in [4.69, 9.17) is 4.52 Å². The molecular formula is C16H17N3O. The molecule has 0 aliphatic carbocycles. The Morgan fingerprint density at radius 2 is 2.00 bits per heavy atom. The first-order chi connectivity index (χ1) is 9.76. The van der Waals surface area contributed by atoms with Gasteiger partial charge in [0.25, 0.3) is 0 Å². The van der Waals surface area contributed by atoms with E-state index in [0.717, 1.165) is 29.3 Å². The molecule has 0 aliphatic rings. The molecule has 3 aromatic rings. The third-order valence-corrected chi connectivity index (χ3v) is 3.35. The second-order valence-electron chi connectivity index (χ2n) is 4.87. The predicted octanol–water partition coefficient (Wildman–Crippen LogP) is 3.46. The van der Waals surface area contributed by atoms with E-state index in [1.807, 2.05) is 18.5 Å². The van der Waals surface area contributed by atoms with Gasteiger partial charge < -0.3 is 9.09 Å². The Labute approximate surface area is 118 Å². The number of imidazole rings is 1. The average Bonchev–Trinajstić information content (AvgIpc) is 3.09. The fraction of sp³-hybridized carbons (Fsp3) is 0.250. The van der Waals surface area contributed by atoms with Gasteiger partial charge in [-0.3, -0.25) is 0 Å². The highest BCUT2D eigenvalue weighted by atomic mass is 16.5. The van der Waals surface area contributed by atoms with Gasteiger partial charge in [0.15, 0.2) is 5.76 Å². The normalized spacial score (nSPS) is 10.9. The molecule has 20 heavy (non-hydrogen) atoms. The summed E-state index contributed by atoms with van der Waals surface area (Å²) in [5, 5.41) is 4.14. The van der Waals surface area contributed by atoms with E-state index in [2.05, 4.69) is 52.8 Å². The first kappa shape index (κ1) is 12.7. The van der Waals surface area contributed by atoms with E-state index >= 15 is 0 Å². The third kappa shape index (κ3) is 2.50. The minimum Gasteiger partial charge on any atom is -0.359 e. The van der Waals surface area contributed by atoms with Gasteiger partial charge in [-0.1, -0.05) is 41.9 Å². The van der Waals surface area contributed by atoms with Crippen LogP contribution in [0.2, 0.25) is 0 Å². The molecule has 0 spiro atoms. The zero-order valence-electron chi connectivity index (χ0n) is 11.7. The quantitative estimate of drug-likeness (QED) is 0.727. The Bertz CT molecular complexity index is 695. The van der Waals surface area contributed by atoms with Gasteiger partial charge >= 0.3 is 0 Å². The van der Waals surface area contributed by atoms with Crippen LogP contribution in [0.1, 0.15) is 24.1 Å². The van der Waals surface area contributed by atoms with Crippen LogP contribution in [0.5, 0.6) is 0 Å². The second kappa shape index (κ2) is 5.33. The van der Waals surface area contributed by atoms with Crippen molar-refractivity contribution in [1.82, 2.24) is 14.7 Å². The molecule has 0 radical (unpaired) electrons. The van der Waals surface area contributed by atoms with Crippen LogP contribution in [0.25, 0.3) is 11.3 Å². The molecule has 0 atom stereocenters. The lowest BCUT2D eigenvalue weighted by molar-refractivity contribution is 0.377. The van der Waals surface area contributed by atoms with E-state index < -0.39 is 0 Å². The van der Waals surface area contributed by atoms with Crippen LogP contribution in [-0.2, 0) is 13.0 Å². The molecule has 4 heteroatoms. The minimum atomic E-state index is 0.669. The van der Waals surface area contributed by atoms with Crippen molar-refractivity contribution in [3.05, 3.63) is 59.9 Å². The highest BCUT2D eigenvalue weighted by Crippen LogP contribution is 2.20. The van der Waals surface area contributed by atoms with E-state index in [9.17, 15) is 0 Å². The summed E-state index contributed by atoms with van der Waals surface area (Å²) < 4.78 is 7.51. The van der Waals surface area contributed by atoms with Crippen molar-refractivity contribution in [2.75, 3.05) is 0 Å². The molecule has 2 heterocycles. The monoisotopic (exact) mass is 267 g/mol. The Morgan fingerprint density at radius 3 is 2.75 bits per heavy atom. The Hall–Kier alpha value is -2.36. The molecule has 0 saturated carbocycles. The zero-order chi connectivity index (χ0) is 13.9.